The van der Waals surface area contributed by atoms with Crippen LogP contribution in [0.1, 0.15) is 23.7 Å². The lowest BCUT2D eigenvalue weighted by molar-refractivity contribution is 0.0992. The molecule has 3 rings (SSSR count). The first-order chi connectivity index (χ1) is 13.1. The molecule has 0 radical (unpaired) electrons. The normalized spacial score (nSPS) is 10.2. The number of carbonyl (C=O) groups is 1. The Kier molecular flexibility index (Phi) is 5.68. The number of ether oxygens (including phenoxy) is 1. The highest BCUT2D eigenvalue weighted by molar-refractivity contribution is 6.07. The SMILES string of the molecule is CC#CCCOc1cccc(N(C)C(=O)c2ccc3ncccc3c2)c1F. The van der Waals surface area contributed by atoms with E-state index in [0.29, 0.717) is 12.0 Å². The maximum absolute atomic E-state index is 14.8. The van der Waals surface area contributed by atoms with Crippen molar-refractivity contribution in [2.45, 2.75) is 13.3 Å². The van der Waals surface area contributed by atoms with Crippen LogP contribution in [-0.2, 0) is 0 Å². The summed E-state index contributed by atoms with van der Waals surface area (Å²) in [6.45, 7) is 2.03. The average molecular weight is 362 g/mol. The first-order valence-corrected chi connectivity index (χ1v) is 8.55. The predicted molar refractivity (Wildman–Crippen MR) is 104 cm³/mol. The fourth-order valence-corrected chi connectivity index (χ4v) is 2.72. The van der Waals surface area contributed by atoms with E-state index in [4.69, 9.17) is 4.74 Å². The first-order valence-electron chi connectivity index (χ1n) is 8.55. The average Bonchev–Trinajstić information content (AvgIpc) is 2.71. The summed E-state index contributed by atoms with van der Waals surface area (Å²) in [7, 11) is 1.54. The van der Waals surface area contributed by atoms with Crippen molar-refractivity contribution >= 4 is 22.5 Å². The van der Waals surface area contributed by atoms with Gasteiger partial charge >= 0.3 is 0 Å². The quantitative estimate of drug-likeness (QED) is 0.498. The van der Waals surface area contributed by atoms with Crippen LogP contribution in [-0.4, -0.2) is 24.5 Å². The van der Waals surface area contributed by atoms with Gasteiger partial charge in [0.15, 0.2) is 11.6 Å². The summed E-state index contributed by atoms with van der Waals surface area (Å²) in [5.41, 5.74) is 1.42. The van der Waals surface area contributed by atoms with Crippen LogP contribution in [0.4, 0.5) is 10.1 Å². The summed E-state index contributed by atoms with van der Waals surface area (Å²) in [6.07, 6.45) is 2.21. The predicted octanol–water partition coefficient (Wildman–Crippen LogP) is 4.44. The topological polar surface area (TPSA) is 42.4 Å². The number of carbonyl (C=O) groups excluding carboxylic acids is 1. The van der Waals surface area contributed by atoms with E-state index < -0.39 is 5.82 Å². The van der Waals surface area contributed by atoms with Gasteiger partial charge in [-0.05, 0) is 43.3 Å². The van der Waals surface area contributed by atoms with E-state index in [9.17, 15) is 9.18 Å². The minimum absolute atomic E-state index is 0.104. The number of benzene rings is 2. The summed E-state index contributed by atoms with van der Waals surface area (Å²) in [5.74, 6) is 4.85. The molecule has 1 heterocycles. The second-order valence-electron chi connectivity index (χ2n) is 5.89. The lowest BCUT2D eigenvalue weighted by atomic mass is 10.1. The molecule has 0 bridgehead atoms. The zero-order chi connectivity index (χ0) is 19.2. The monoisotopic (exact) mass is 362 g/mol. The minimum atomic E-state index is -0.569. The Morgan fingerprint density at radius 1 is 1.22 bits per heavy atom. The lowest BCUT2D eigenvalue weighted by Gasteiger charge is -2.19. The van der Waals surface area contributed by atoms with Gasteiger partial charge in [-0.25, -0.2) is 4.39 Å². The first kappa shape index (κ1) is 18.4. The number of fused-ring (bicyclic) bond motifs is 1. The number of nitrogens with zero attached hydrogens (tertiary/aromatic N) is 2. The smallest absolute Gasteiger partial charge is 0.258 e. The fraction of sp³-hybridized carbons (Fsp3) is 0.182. The van der Waals surface area contributed by atoms with Crippen LogP contribution < -0.4 is 9.64 Å². The number of anilines is 1. The maximum Gasteiger partial charge on any atom is 0.258 e. The van der Waals surface area contributed by atoms with Gasteiger partial charge in [-0.2, -0.15) is 0 Å². The molecular weight excluding hydrogens is 343 g/mol. The van der Waals surface area contributed by atoms with Gasteiger partial charge in [0, 0.05) is 30.6 Å². The van der Waals surface area contributed by atoms with Crippen LogP contribution in [0.25, 0.3) is 10.9 Å². The van der Waals surface area contributed by atoms with Crippen molar-refractivity contribution in [3.63, 3.8) is 0 Å². The molecule has 0 saturated carbocycles. The zero-order valence-electron chi connectivity index (χ0n) is 15.2. The van der Waals surface area contributed by atoms with E-state index in [1.807, 2.05) is 12.1 Å². The molecular formula is C22H19FN2O2. The van der Waals surface area contributed by atoms with Crippen molar-refractivity contribution in [2.75, 3.05) is 18.6 Å². The summed E-state index contributed by atoms with van der Waals surface area (Å²) < 4.78 is 20.2. The Morgan fingerprint density at radius 3 is 2.89 bits per heavy atom. The molecule has 0 atom stereocenters. The van der Waals surface area contributed by atoms with Crippen LogP contribution in [0.15, 0.2) is 54.7 Å². The van der Waals surface area contributed by atoms with Crippen LogP contribution in [0, 0.1) is 17.7 Å². The van der Waals surface area contributed by atoms with Gasteiger partial charge in [-0.3, -0.25) is 9.78 Å². The van der Waals surface area contributed by atoms with Gasteiger partial charge in [0.1, 0.15) is 0 Å². The Hall–Kier alpha value is -3.39. The third kappa shape index (κ3) is 4.06. The van der Waals surface area contributed by atoms with Crippen LogP contribution in [0.5, 0.6) is 5.75 Å². The molecule has 27 heavy (non-hydrogen) atoms. The van der Waals surface area contributed by atoms with E-state index >= 15 is 0 Å². The molecule has 3 aromatic rings. The highest BCUT2D eigenvalue weighted by atomic mass is 19.1. The van der Waals surface area contributed by atoms with Gasteiger partial charge in [-0.1, -0.05) is 12.1 Å². The lowest BCUT2D eigenvalue weighted by Crippen LogP contribution is -2.27. The molecule has 2 aromatic carbocycles. The summed E-state index contributed by atoms with van der Waals surface area (Å²) >= 11 is 0. The number of aromatic nitrogens is 1. The van der Waals surface area contributed by atoms with Crippen molar-refractivity contribution in [1.29, 1.82) is 0 Å². The Labute approximate surface area is 157 Å². The molecule has 0 N–H and O–H groups in total. The molecule has 4 nitrogen and oxygen atoms in total. The minimum Gasteiger partial charge on any atom is -0.489 e. The molecule has 0 spiro atoms. The summed E-state index contributed by atoms with van der Waals surface area (Å²) in [5, 5.41) is 0.853. The largest absolute Gasteiger partial charge is 0.489 e. The van der Waals surface area contributed by atoms with Crippen LogP contribution in [0.3, 0.4) is 0 Å². The molecule has 1 aromatic heterocycles. The number of halogens is 1. The van der Waals surface area contributed by atoms with Crippen molar-refractivity contribution in [1.82, 2.24) is 4.98 Å². The van der Waals surface area contributed by atoms with Crippen molar-refractivity contribution < 1.29 is 13.9 Å². The van der Waals surface area contributed by atoms with Crippen molar-refractivity contribution in [3.8, 4) is 17.6 Å². The number of hydrogen-bond donors (Lipinski definition) is 0. The Morgan fingerprint density at radius 2 is 2.07 bits per heavy atom. The zero-order valence-corrected chi connectivity index (χ0v) is 15.2. The highest BCUT2D eigenvalue weighted by Gasteiger charge is 2.19. The Balaban J connectivity index is 1.84. The molecule has 136 valence electrons. The molecule has 5 heteroatoms. The molecule has 0 aliphatic carbocycles. The summed E-state index contributed by atoms with van der Waals surface area (Å²) in [6, 6.07) is 13.7. The number of amides is 1. The molecule has 0 aliphatic heterocycles. The van der Waals surface area contributed by atoms with Crippen molar-refractivity contribution in [3.05, 3.63) is 66.1 Å². The van der Waals surface area contributed by atoms with Crippen LogP contribution >= 0.6 is 0 Å². The van der Waals surface area contributed by atoms with Crippen molar-refractivity contribution in [2.24, 2.45) is 0 Å². The number of rotatable bonds is 5. The number of hydrogen-bond acceptors (Lipinski definition) is 3. The second-order valence-corrected chi connectivity index (χ2v) is 5.89. The number of pyridine rings is 1. The van der Waals surface area contributed by atoms with Gasteiger partial charge in [0.25, 0.3) is 5.91 Å². The second kappa shape index (κ2) is 8.33. The van der Waals surface area contributed by atoms with E-state index in [0.717, 1.165) is 10.9 Å². The summed E-state index contributed by atoms with van der Waals surface area (Å²) in [4.78, 5) is 18.4. The maximum atomic E-state index is 14.8. The standard InChI is InChI=1S/C22H19FN2O2/c1-3-4-5-14-27-20-10-6-9-19(21(20)23)25(2)22(26)17-11-12-18-16(15-17)8-7-13-24-18/h6-13,15H,5,14H2,1-2H3. The third-order valence-corrected chi connectivity index (χ3v) is 4.12. The van der Waals surface area contributed by atoms with E-state index in [1.165, 1.54) is 11.0 Å². The van der Waals surface area contributed by atoms with E-state index in [-0.39, 0.29) is 24.0 Å². The molecule has 0 unspecified atom stereocenters. The van der Waals surface area contributed by atoms with Gasteiger partial charge in [0.2, 0.25) is 0 Å². The molecule has 0 saturated heterocycles. The fourth-order valence-electron chi connectivity index (χ4n) is 2.72. The van der Waals surface area contributed by atoms with Crippen LogP contribution in [0.2, 0.25) is 0 Å². The molecule has 0 fully saturated rings. The Bertz CT molecular complexity index is 1040. The third-order valence-electron chi connectivity index (χ3n) is 4.12. The highest BCUT2D eigenvalue weighted by Crippen LogP contribution is 2.28. The molecule has 1 amide bonds. The van der Waals surface area contributed by atoms with Gasteiger partial charge in [-0.15, -0.1) is 11.8 Å². The van der Waals surface area contributed by atoms with E-state index in [2.05, 4.69) is 16.8 Å². The van der Waals surface area contributed by atoms with Gasteiger partial charge in [0.05, 0.1) is 17.8 Å². The van der Waals surface area contributed by atoms with Gasteiger partial charge < -0.3 is 9.64 Å². The van der Waals surface area contributed by atoms with E-state index in [1.54, 1.807) is 50.5 Å². The molecule has 0 aliphatic rings.